The summed E-state index contributed by atoms with van der Waals surface area (Å²) in [6, 6.07) is 0. The molecule has 0 fully saturated rings. The van der Waals surface area contributed by atoms with Crippen LogP contribution in [-0.4, -0.2) is 29.7 Å². The summed E-state index contributed by atoms with van der Waals surface area (Å²) < 4.78 is 0. The van der Waals surface area contributed by atoms with Crippen LogP contribution in [0.1, 0.15) is 34.1 Å². The number of carbonyl (C=O) groups is 1. The molecule has 0 aromatic heterocycles. The van der Waals surface area contributed by atoms with Crippen LogP contribution in [-0.2, 0) is 4.79 Å². The molecule has 0 aliphatic heterocycles. The van der Waals surface area contributed by atoms with Crippen molar-refractivity contribution in [1.82, 2.24) is 5.32 Å². The Balaban J connectivity index is 4.10. The normalized spacial score (nSPS) is 16.1. The van der Waals surface area contributed by atoms with Crippen LogP contribution in [0.15, 0.2) is 0 Å². The smallest absolute Gasteiger partial charge is 0.227 e. The quantitative estimate of drug-likeness (QED) is 0.598. The average molecular weight is 202 g/mol. The van der Waals surface area contributed by atoms with Gasteiger partial charge in [0.25, 0.3) is 0 Å². The standard InChI is InChI=1S/C10H22N2O2/c1-5-10(4,14)7-12-8(13)9(2,3)6-11/h14H,5-7,11H2,1-4H3,(H,12,13). The number of aliphatic hydroxyl groups is 1. The lowest BCUT2D eigenvalue weighted by atomic mass is 9.92. The van der Waals surface area contributed by atoms with Crippen molar-refractivity contribution in [1.29, 1.82) is 0 Å². The lowest BCUT2D eigenvalue weighted by molar-refractivity contribution is -0.130. The molecule has 14 heavy (non-hydrogen) atoms. The third-order valence-corrected chi connectivity index (χ3v) is 2.52. The van der Waals surface area contributed by atoms with Gasteiger partial charge in [-0.1, -0.05) is 6.92 Å². The van der Waals surface area contributed by atoms with Crippen molar-refractivity contribution in [2.24, 2.45) is 11.1 Å². The maximum Gasteiger partial charge on any atom is 0.227 e. The van der Waals surface area contributed by atoms with Crippen molar-refractivity contribution in [3.05, 3.63) is 0 Å². The topological polar surface area (TPSA) is 75.3 Å². The lowest BCUT2D eigenvalue weighted by Crippen LogP contribution is -2.47. The second kappa shape index (κ2) is 4.75. The van der Waals surface area contributed by atoms with E-state index in [4.69, 9.17) is 5.73 Å². The molecule has 1 atom stereocenters. The zero-order valence-corrected chi connectivity index (χ0v) is 9.55. The first kappa shape index (κ1) is 13.4. The SMILES string of the molecule is CCC(C)(O)CNC(=O)C(C)(C)CN. The van der Waals surface area contributed by atoms with Crippen molar-refractivity contribution in [3.63, 3.8) is 0 Å². The minimum atomic E-state index is -0.833. The van der Waals surface area contributed by atoms with Crippen LogP contribution in [0.4, 0.5) is 0 Å². The Morgan fingerprint density at radius 2 is 1.93 bits per heavy atom. The fraction of sp³-hybridized carbons (Fsp3) is 0.900. The summed E-state index contributed by atoms with van der Waals surface area (Å²) in [4.78, 5) is 11.6. The van der Waals surface area contributed by atoms with Gasteiger partial charge < -0.3 is 16.2 Å². The number of rotatable bonds is 5. The Morgan fingerprint density at radius 1 is 1.43 bits per heavy atom. The summed E-state index contributed by atoms with van der Waals surface area (Å²) in [5.41, 5.74) is 4.06. The average Bonchev–Trinajstić information content (AvgIpc) is 2.14. The van der Waals surface area contributed by atoms with Gasteiger partial charge >= 0.3 is 0 Å². The minimum absolute atomic E-state index is 0.117. The largest absolute Gasteiger partial charge is 0.388 e. The number of hydrogen-bond acceptors (Lipinski definition) is 3. The number of hydrogen-bond donors (Lipinski definition) is 3. The summed E-state index contributed by atoms with van der Waals surface area (Å²) in [6.45, 7) is 7.70. The van der Waals surface area contributed by atoms with E-state index in [9.17, 15) is 9.90 Å². The highest BCUT2D eigenvalue weighted by molar-refractivity contribution is 5.82. The first-order chi connectivity index (χ1) is 6.25. The molecule has 0 bridgehead atoms. The van der Waals surface area contributed by atoms with Crippen molar-refractivity contribution in [3.8, 4) is 0 Å². The molecule has 4 N–H and O–H groups in total. The molecule has 4 heteroatoms. The first-order valence-corrected chi connectivity index (χ1v) is 4.96. The third kappa shape index (κ3) is 4.07. The van der Waals surface area contributed by atoms with E-state index in [1.54, 1.807) is 20.8 Å². The van der Waals surface area contributed by atoms with E-state index in [2.05, 4.69) is 5.32 Å². The summed E-state index contributed by atoms with van der Waals surface area (Å²) in [5.74, 6) is -0.117. The highest BCUT2D eigenvalue weighted by Crippen LogP contribution is 2.13. The van der Waals surface area contributed by atoms with E-state index in [0.29, 0.717) is 13.0 Å². The zero-order chi connectivity index (χ0) is 11.4. The highest BCUT2D eigenvalue weighted by Gasteiger charge is 2.27. The van der Waals surface area contributed by atoms with Gasteiger partial charge in [-0.3, -0.25) is 4.79 Å². The zero-order valence-electron chi connectivity index (χ0n) is 9.55. The summed E-state index contributed by atoms with van der Waals surface area (Å²) in [6.07, 6.45) is 0.607. The molecular formula is C10H22N2O2. The molecule has 1 amide bonds. The second-order valence-corrected chi connectivity index (χ2v) is 4.62. The Bertz CT molecular complexity index is 200. The molecule has 0 radical (unpaired) electrons. The van der Waals surface area contributed by atoms with Crippen molar-refractivity contribution < 1.29 is 9.90 Å². The molecule has 0 aliphatic carbocycles. The summed E-state index contributed by atoms with van der Waals surface area (Å²) in [5, 5.41) is 12.4. The van der Waals surface area contributed by atoms with Gasteiger partial charge in [0.1, 0.15) is 0 Å². The van der Waals surface area contributed by atoms with Crippen LogP contribution in [0, 0.1) is 5.41 Å². The van der Waals surface area contributed by atoms with E-state index in [-0.39, 0.29) is 12.5 Å². The van der Waals surface area contributed by atoms with Crippen LogP contribution in [0.5, 0.6) is 0 Å². The van der Waals surface area contributed by atoms with E-state index in [1.165, 1.54) is 0 Å². The molecule has 0 saturated heterocycles. The maximum atomic E-state index is 11.6. The summed E-state index contributed by atoms with van der Waals surface area (Å²) in [7, 11) is 0. The van der Waals surface area contributed by atoms with Gasteiger partial charge in [-0.15, -0.1) is 0 Å². The molecule has 0 rings (SSSR count). The minimum Gasteiger partial charge on any atom is -0.388 e. The van der Waals surface area contributed by atoms with Crippen molar-refractivity contribution in [2.45, 2.75) is 39.7 Å². The van der Waals surface area contributed by atoms with Gasteiger partial charge in [0, 0.05) is 13.1 Å². The monoisotopic (exact) mass is 202 g/mol. The van der Waals surface area contributed by atoms with Crippen LogP contribution in [0.2, 0.25) is 0 Å². The maximum absolute atomic E-state index is 11.6. The molecule has 0 aromatic carbocycles. The van der Waals surface area contributed by atoms with Gasteiger partial charge in [-0.05, 0) is 27.2 Å². The lowest BCUT2D eigenvalue weighted by Gasteiger charge is -2.26. The molecular weight excluding hydrogens is 180 g/mol. The van der Waals surface area contributed by atoms with Crippen molar-refractivity contribution >= 4 is 5.91 Å². The van der Waals surface area contributed by atoms with Crippen LogP contribution in [0.25, 0.3) is 0 Å². The first-order valence-electron chi connectivity index (χ1n) is 4.96. The Hall–Kier alpha value is -0.610. The van der Waals surface area contributed by atoms with Gasteiger partial charge in [-0.2, -0.15) is 0 Å². The van der Waals surface area contributed by atoms with E-state index in [1.807, 2.05) is 6.92 Å². The van der Waals surface area contributed by atoms with Crippen LogP contribution < -0.4 is 11.1 Å². The van der Waals surface area contributed by atoms with Crippen LogP contribution in [0.3, 0.4) is 0 Å². The Morgan fingerprint density at radius 3 is 2.29 bits per heavy atom. The van der Waals surface area contributed by atoms with E-state index >= 15 is 0 Å². The fourth-order valence-corrected chi connectivity index (χ4v) is 0.728. The van der Waals surface area contributed by atoms with Gasteiger partial charge in [0.15, 0.2) is 0 Å². The predicted octanol–water partition coefficient (Wildman–Crippen LogP) is 0.249. The molecule has 0 aliphatic rings. The summed E-state index contributed by atoms with van der Waals surface area (Å²) >= 11 is 0. The molecule has 0 spiro atoms. The predicted molar refractivity (Wildman–Crippen MR) is 56.8 cm³/mol. The molecule has 0 aromatic rings. The number of carbonyl (C=O) groups excluding carboxylic acids is 1. The molecule has 4 nitrogen and oxygen atoms in total. The van der Waals surface area contributed by atoms with Gasteiger partial charge in [0.2, 0.25) is 5.91 Å². The fourth-order valence-electron chi connectivity index (χ4n) is 0.728. The van der Waals surface area contributed by atoms with Gasteiger partial charge in [0.05, 0.1) is 11.0 Å². The Kier molecular flexibility index (Phi) is 4.55. The Labute approximate surface area is 85.9 Å². The van der Waals surface area contributed by atoms with E-state index < -0.39 is 11.0 Å². The molecule has 84 valence electrons. The number of nitrogens with one attached hydrogen (secondary N) is 1. The second-order valence-electron chi connectivity index (χ2n) is 4.62. The highest BCUT2D eigenvalue weighted by atomic mass is 16.3. The molecule has 0 heterocycles. The van der Waals surface area contributed by atoms with E-state index in [0.717, 1.165) is 0 Å². The number of nitrogens with two attached hydrogens (primary N) is 1. The molecule has 1 unspecified atom stereocenters. The number of amides is 1. The van der Waals surface area contributed by atoms with Crippen molar-refractivity contribution in [2.75, 3.05) is 13.1 Å². The van der Waals surface area contributed by atoms with Crippen LogP contribution >= 0.6 is 0 Å². The van der Waals surface area contributed by atoms with Gasteiger partial charge in [-0.25, -0.2) is 0 Å². The third-order valence-electron chi connectivity index (χ3n) is 2.52. The molecule has 0 saturated carbocycles.